The van der Waals surface area contributed by atoms with Crippen molar-refractivity contribution in [2.24, 2.45) is 16.7 Å². The van der Waals surface area contributed by atoms with Crippen LogP contribution in [0.2, 0.25) is 0 Å². The average Bonchev–Trinajstić information content (AvgIpc) is 3.40. The summed E-state index contributed by atoms with van der Waals surface area (Å²) in [6, 6.07) is 27.1. The Morgan fingerprint density at radius 3 is 1.99 bits per heavy atom. The molecule has 4 N–H and O–H groups in total. The summed E-state index contributed by atoms with van der Waals surface area (Å²) in [6.07, 6.45) is -12.2. The Balaban J connectivity index is 0.00000861. The Labute approximate surface area is 465 Å². The van der Waals surface area contributed by atoms with Gasteiger partial charge in [0, 0.05) is 43.2 Å². The van der Waals surface area contributed by atoms with E-state index in [-0.39, 0.29) is 76.0 Å². The van der Waals surface area contributed by atoms with Gasteiger partial charge >= 0.3 is 67.2 Å². The number of ketones is 1. The number of amides is 1. The Morgan fingerprint density at radius 2 is 1.42 bits per heavy atom. The number of hydrogen-bond acceptors (Lipinski definition) is 18. The van der Waals surface area contributed by atoms with Crippen LogP contribution in [0.15, 0.2) is 126 Å². The van der Waals surface area contributed by atoms with E-state index in [1.165, 1.54) is 82.3 Å². The molecule has 4 aromatic rings. The van der Waals surface area contributed by atoms with Crippen LogP contribution in [0.4, 0.5) is 0 Å². The summed E-state index contributed by atoms with van der Waals surface area (Å²) >= 11 is 0. The molecule has 402 valence electrons. The molecule has 2 bridgehead atoms. The van der Waals surface area contributed by atoms with E-state index in [1.54, 1.807) is 54.6 Å². The standard InChI is InChI=1S/C55H58NO19P.Na/c1-30-38(71-51(64)45(72-41(60)26-36-24-16-17-25-37(36)75-76(66,67)68)43(33-18-10-7-11-19-33)56-49(62)34-20-12-8-13-21-34)28-55(65)48(73-50(63)35-22-14-9-15-23-35)46-53(6,39(59)27-40-54(46,29-69-40)74-32(3)58)47(61)44(70-31(2)57)42(30)52(55,4)5;/h7-25,38-40,43-46,48,59,65H,26-29H2,1-6H3,(H,56,62)(H2,66,67,68);/q;+1/p-1/t38-,39-,40+,43-,44+,45+,46?,48-,53+,54-,55+;/m0./s1. The van der Waals surface area contributed by atoms with E-state index < -0.39 is 139 Å². The maximum absolute atomic E-state index is 15.8. The second-order valence-electron chi connectivity index (χ2n) is 20.2. The van der Waals surface area contributed by atoms with Crippen molar-refractivity contribution < 1.29 is 121 Å². The minimum absolute atomic E-state index is 0. The van der Waals surface area contributed by atoms with Gasteiger partial charge in [0.2, 0.25) is 6.10 Å². The van der Waals surface area contributed by atoms with Gasteiger partial charge < -0.3 is 58.3 Å². The number of ether oxygens (including phenoxy) is 6. The van der Waals surface area contributed by atoms with Gasteiger partial charge in [0.05, 0.1) is 36.0 Å². The fourth-order valence-electron chi connectivity index (χ4n) is 11.5. The molecule has 2 saturated carbocycles. The maximum atomic E-state index is 15.8. The van der Waals surface area contributed by atoms with E-state index in [2.05, 4.69) is 5.32 Å². The minimum atomic E-state index is -5.40. The topological polar surface area (TPSA) is 297 Å². The Kier molecular flexibility index (Phi) is 17.3. The molecule has 0 spiro atoms. The molecular formula is C55H57NNaO19P. The number of hydrogen-bond donors (Lipinski definition) is 4. The fraction of sp³-hybridized carbons (Fsp3) is 0.400. The van der Waals surface area contributed by atoms with Gasteiger partial charge in [-0.3, -0.25) is 28.5 Å². The number of phosphoric ester groups is 1. The fourth-order valence-corrected chi connectivity index (χ4v) is 11.9. The number of carbonyl (C=O) groups excluding carboxylic acids is 7. The molecule has 4 aliphatic rings. The van der Waals surface area contributed by atoms with Gasteiger partial charge in [-0.05, 0) is 60.9 Å². The van der Waals surface area contributed by atoms with E-state index in [9.17, 15) is 48.5 Å². The van der Waals surface area contributed by atoms with Crippen molar-refractivity contribution in [1.29, 1.82) is 0 Å². The third-order valence-corrected chi connectivity index (χ3v) is 15.7. The summed E-state index contributed by atoms with van der Waals surface area (Å²) in [4.78, 5) is 122. The van der Waals surface area contributed by atoms with E-state index in [1.807, 2.05) is 0 Å². The van der Waals surface area contributed by atoms with Gasteiger partial charge in [-0.2, -0.15) is 0 Å². The number of esters is 5. The van der Waals surface area contributed by atoms with Crippen LogP contribution < -0.4 is 44.3 Å². The average molecular weight is 1090 g/mol. The van der Waals surface area contributed by atoms with Gasteiger partial charge in [0.25, 0.3) is 5.91 Å². The molecule has 8 rings (SSSR count). The molecule has 0 radical (unpaired) electrons. The predicted octanol–water partition coefficient (Wildman–Crippen LogP) is 1.37. The number of aliphatic hydroxyl groups excluding tert-OH is 1. The first-order chi connectivity index (χ1) is 35.8. The van der Waals surface area contributed by atoms with Crippen LogP contribution in [-0.4, -0.2) is 111 Å². The van der Waals surface area contributed by atoms with E-state index in [0.29, 0.717) is 0 Å². The number of benzene rings is 4. The minimum Gasteiger partial charge on any atom is -0.746 e. The van der Waals surface area contributed by atoms with Crippen LogP contribution in [-0.2, 0) is 63.4 Å². The zero-order chi connectivity index (χ0) is 55.1. The van der Waals surface area contributed by atoms with Crippen molar-refractivity contribution >= 4 is 49.4 Å². The van der Waals surface area contributed by atoms with Crippen molar-refractivity contribution in [3.05, 3.63) is 149 Å². The van der Waals surface area contributed by atoms with Crippen LogP contribution in [0.1, 0.15) is 92.3 Å². The maximum Gasteiger partial charge on any atom is 1.00 e. The van der Waals surface area contributed by atoms with Gasteiger partial charge in [-0.25, -0.2) is 9.59 Å². The molecule has 1 amide bonds. The van der Waals surface area contributed by atoms with Crippen molar-refractivity contribution in [3.8, 4) is 5.75 Å². The number of phosphoric acid groups is 1. The normalized spacial score (nSPS) is 28.5. The third-order valence-electron chi connectivity index (χ3n) is 15.2. The summed E-state index contributed by atoms with van der Waals surface area (Å²) in [7, 11) is -5.40. The van der Waals surface area contributed by atoms with Crippen LogP contribution in [0.25, 0.3) is 0 Å². The van der Waals surface area contributed by atoms with Crippen molar-refractivity contribution in [2.75, 3.05) is 6.61 Å². The van der Waals surface area contributed by atoms with Crippen LogP contribution >= 0.6 is 7.82 Å². The number of Topliss-reactive ketones (excluding diaryl/α,β-unsaturated/α-hetero) is 1. The molecule has 3 aliphatic carbocycles. The summed E-state index contributed by atoms with van der Waals surface area (Å²) in [5.74, 6) is -9.12. The zero-order valence-corrected chi connectivity index (χ0v) is 46.1. The SMILES string of the molecule is CC(=O)O[C@H]1C(=O)[C@@]2(C)C([C@H](OC(=O)c3ccccc3)[C@]3(O)C[C@H](OC(=O)[C@H](OC(=O)Cc4ccccc4OP(=O)([O-])O)[C@@H](NC(=O)c4ccccc4)c4ccccc4)C(C)=C1C3(C)C)[C@]1(OC(C)=O)CO[C@@H]1C[C@@H]2O.[Na+]. The summed E-state index contributed by atoms with van der Waals surface area (Å²) in [5, 5.41) is 29.0. The number of rotatable bonds is 15. The number of nitrogens with one attached hydrogen (secondary N) is 1. The molecule has 4 aromatic carbocycles. The zero-order valence-electron chi connectivity index (χ0n) is 43.2. The molecule has 77 heavy (non-hydrogen) atoms. The molecule has 12 atom stereocenters. The quantitative estimate of drug-likeness (QED) is 0.0430. The number of carbonyl (C=O) groups is 7. The number of aliphatic hydroxyl groups is 2. The molecule has 0 aromatic heterocycles. The van der Waals surface area contributed by atoms with Crippen molar-refractivity contribution in [2.45, 2.75) is 115 Å². The Hall–Kier alpha value is -6.06. The predicted molar refractivity (Wildman–Crippen MR) is 262 cm³/mol. The van der Waals surface area contributed by atoms with Crippen LogP contribution in [0.3, 0.4) is 0 Å². The second kappa shape index (κ2) is 22.7. The largest absolute Gasteiger partial charge is 1.00 e. The van der Waals surface area contributed by atoms with E-state index >= 15 is 9.59 Å². The molecule has 1 saturated heterocycles. The van der Waals surface area contributed by atoms with Gasteiger partial charge in [0.15, 0.2) is 17.5 Å². The molecule has 20 nitrogen and oxygen atoms in total. The molecule has 1 aliphatic heterocycles. The van der Waals surface area contributed by atoms with Crippen LogP contribution in [0.5, 0.6) is 5.75 Å². The first-order valence-corrected chi connectivity index (χ1v) is 25.8. The van der Waals surface area contributed by atoms with Gasteiger partial charge in [-0.1, -0.05) is 98.8 Å². The molecule has 22 heteroatoms. The van der Waals surface area contributed by atoms with Gasteiger partial charge in [-0.15, -0.1) is 0 Å². The van der Waals surface area contributed by atoms with Crippen molar-refractivity contribution in [3.63, 3.8) is 0 Å². The number of para-hydroxylation sites is 1. The summed E-state index contributed by atoms with van der Waals surface area (Å²) < 4.78 is 53.3. The summed E-state index contributed by atoms with van der Waals surface area (Å²) in [6.45, 7) is 7.59. The smallest absolute Gasteiger partial charge is 0.746 e. The Morgan fingerprint density at radius 1 is 0.831 bits per heavy atom. The van der Waals surface area contributed by atoms with E-state index in [4.69, 9.17) is 32.9 Å². The molecule has 2 unspecified atom stereocenters. The van der Waals surface area contributed by atoms with Crippen LogP contribution in [0, 0.1) is 16.7 Å². The first-order valence-electron chi connectivity index (χ1n) is 24.3. The van der Waals surface area contributed by atoms with Crippen molar-refractivity contribution in [1.82, 2.24) is 5.32 Å². The summed E-state index contributed by atoms with van der Waals surface area (Å²) in [5.41, 5.74) is -8.17. The second-order valence-corrected chi connectivity index (χ2v) is 21.3. The third kappa shape index (κ3) is 11.3. The number of fused-ring (bicyclic) bond motifs is 5. The van der Waals surface area contributed by atoms with Gasteiger partial charge in [0.1, 0.15) is 35.7 Å². The molecular weight excluding hydrogens is 1030 g/mol. The van der Waals surface area contributed by atoms with E-state index in [0.717, 1.165) is 19.9 Å². The monoisotopic (exact) mass is 1090 g/mol. The molecule has 1 heterocycles. The Bertz CT molecular complexity index is 3010. The molecule has 3 fully saturated rings. The first kappa shape index (κ1) is 58.6.